The van der Waals surface area contributed by atoms with E-state index in [2.05, 4.69) is 27.3 Å². The van der Waals surface area contributed by atoms with Crippen molar-refractivity contribution in [1.82, 2.24) is 24.9 Å². The number of aromatic nitrogens is 4. The number of rotatable bonds is 3. The summed E-state index contributed by atoms with van der Waals surface area (Å²) in [6.45, 7) is 2.56. The molecule has 0 spiro atoms. The molecule has 1 aliphatic rings. The zero-order valence-electron chi connectivity index (χ0n) is 14.2. The van der Waals surface area contributed by atoms with Gasteiger partial charge < -0.3 is 9.73 Å². The van der Waals surface area contributed by atoms with Crippen molar-refractivity contribution < 1.29 is 9.21 Å². The smallest absolute Gasteiger partial charge is 0.291 e. The van der Waals surface area contributed by atoms with Crippen LogP contribution in [-0.2, 0) is 13.0 Å². The summed E-state index contributed by atoms with van der Waals surface area (Å²) >= 11 is 1.74. The van der Waals surface area contributed by atoms with Crippen molar-refractivity contribution in [2.45, 2.75) is 38.6 Å². The highest BCUT2D eigenvalue weighted by molar-refractivity contribution is 7.19. The molecule has 26 heavy (non-hydrogen) atoms. The van der Waals surface area contributed by atoms with Crippen LogP contribution in [0.2, 0.25) is 0 Å². The Morgan fingerprint density at radius 2 is 2.42 bits per heavy atom. The van der Waals surface area contributed by atoms with Gasteiger partial charge in [-0.2, -0.15) is 0 Å². The standard InChI is InChI=1S/C18H17N5O2S/c1-10-4-2-6-12-13(10)14-16-21-15(22-23(16)9-20-18(14)26-12)17(24)19-8-11-5-3-7-25-11/h3,5,7,9-10H,2,4,6,8H2,1H3,(H,19,24)/t10-/m1/s1. The molecule has 0 bridgehead atoms. The van der Waals surface area contributed by atoms with Crippen molar-refractivity contribution in [3.05, 3.63) is 46.7 Å². The summed E-state index contributed by atoms with van der Waals surface area (Å²) in [7, 11) is 0. The highest BCUT2D eigenvalue weighted by Crippen LogP contribution is 2.42. The fourth-order valence-electron chi connectivity index (χ4n) is 3.64. The van der Waals surface area contributed by atoms with Crippen LogP contribution >= 0.6 is 11.3 Å². The van der Waals surface area contributed by atoms with Gasteiger partial charge in [0.05, 0.1) is 18.2 Å². The Balaban J connectivity index is 1.55. The maximum atomic E-state index is 12.4. The molecule has 0 saturated carbocycles. The van der Waals surface area contributed by atoms with E-state index < -0.39 is 0 Å². The molecule has 0 radical (unpaired) electrons. The van der Waals surface area contributed by atoms with Gasteiger partial charge >= 0.3 is 0 Å². The van der Waals surface area contributed by atoms with Crippen LogP contribution in [0.15, 0.2) is 29.1 Å². The number of amides is 1. The predicted octanol–water partition coefficient (Wildman–Crippen LogP) is 3.30. The van der Waals surface area contributed by atoms with Gasteiger partial charge in [0.15, 0.2) is 5.65 Å². The second-order valence-corrected chi connectivity index (χ2v) is 7.71. The van der Waals surface area contributed by atoms with E-state index in [-0.39, 0.29) is 11.7 Å². The number of carbonyl (C=O) groups is 1. The number of thiophene rings is 1. The molecular weight excluding hydrogens is 350 g/mol. The average molecular weight is 367 g/mol. The van der Waals surface area contributed by atoms with Crippen LogP contribution in [0, 0.1) is 0 Å². The molecule has 4 aromatic heterocycles. The number of fused-ring (bicyclic) bond motifs is 5. The predicted molar refractivity (Wildman–Crippen MR) is 97.4 cm³/mol. The van der Waals surface area contributed by atoms with Crippen molar-refractivity contribution in [2.75, 3.05) is 0 Å². The largest absolute Gasteiger partial charge is 0.467 e. The van der Waals surface area contributed by atoms with Gasteiger partial charge in [0.25, 0.3) is 5.91 Å². The molecule has 1 N–H and O–H groups in total. The molecular formula is C18H17N5O2S. The molecule has 0 fully saturated rings. The van der Waals surface area contributed by atoms with E-state index in [1.807, 2.05) is 6.07 Å². The van der Waals surface area contributed by atoms with Crippen molar-refractivity contribution in [3.63, 3.8) is 0 Å². The number of hydrogen-bond acceptors (Lipinski definition) is 6. The molecule has 1 aliphatic carbocycles. The van der Waals surface area contributed by atoms with Crippen LogP contribution in [-0.4, -0.2) is 25.5 Å². The number of aryl methyl sites for hydroxylation is 1. The molecule has 4 heterocycles. The first-order valence-electron chi connectivity index (χ1n) is 8.68. The highest BCUT2D eigenvalue weighted by atomic mass is 32.1. The molecule has 0 aliphatic heterocycles. The monoisotopic (exact) mass is 367 g/mol. The van der Waals surface area contributed by atoms with E-state index in [0.29, 0.717) is 23.9 Å². The molecule has 0 aromatic carbocycles. The molecule has 132 valence electrons. The molecule has 0 saturated heterocycles. The molecule has 5 rings (SSSR count). The normalized spacial score (nSPS) is 16.9. The van der Waals surface area contributed by atoms with E-state index in [1.165, 1.54) is 23.3 Å². The van der Waals surface area contributed by atoms with Crippen LogP contribution in [0.5, 0.6) is 0 Å². The van der Waals surface area contributed by atoms with E-state index >= 15 is 0 Å². The second kappa shape index (κ2) is 5.91. The summed E-state index contributed by atoms with van der Waals surface area (Å²) in [6.07, 6.45) is 6.70. The molecule has 1 atom stereocenters. The maximum absolute atomic E-state index is 12.4. The zero-order chi connectivity index (χ0) is 17.7. The summed E-state index contributed by atoms with van der Waals surface area (Å²) in [6, 6.07) is 3.60. The first kappa shape index (κ1) is 15.5. The van der Waals surface area contributed by atoms with E-state index in [1.54, 1.807) is 34.5 Å². The van der Waals surface area contributed by atoms with E-state index in [9.17, 15) is 4.79 Å². The number of furan rings is 1. The third-order valence-electron chi connectivity index (χ3n) is 4.88. The van der Waals surface area contributed by atoms with Gasteiger partial charge in [-0.3, -0.25) is 4.79 Å². The van der Waals surface area contributed by atoms with Crippen molar-refractivity contribution >= 4 is 33.1 Å². The maximum Gasteiger partial charge on any atom is 0.291 e. The van der Waals surface area contributed by atoms with Gasteiger partial charge in [0.2, 0.25) is 5.82 Å². The SMILES string of the molecule is C[C@@H]1CCCc2sc3ncn4nc(C(=O)NCc5ccco5)nc4c3c21. The molecule has 4 aromatic rings. The lowest BCUT2D eigenvalue weighted by Gasteiger charge is -2.18. The van der Waals surface area contributed by atoms with Gasteiger partial charge in [0, 0.05) is 4.88 Å². The summed E-state index contributed by atoms with van der Waals surface area (Å²) in [5, 5.41) is 8.16. The fourth-order valence-corrected chi connectivity index (χ4v) is 4.94. The van der Waals surface area contributed by atoms with Crippen molar-refractivity contribution in [1.29, 1.82) is 0 Å². The summed E-state index contributed by atoms with van der Waals surface area (Å²) in [5.41, 5.74) is 2.05. The lowest BCUT2D eigenvalue weighted by Crippen LogP contribution is -2.23. The van der Waals surface area contributed by atoms with Crippen molar-refractivity contribution in [3.8, 4) is 0 Å². The fraction of sp³-hybridized carbons (Fsp3) is 0.333. The third kappa shape index (κ3) is 2.40. The number of hydrogen-bond donors (Lipinski definition) is 1. The van der Waals surface area contributed by atoms with Gasteiger partial charge in [-0.1, -0.05) is 6.92 Å². The van der Waals surface area contributed by atoms with Crippen LogP contribution in [0.25, 0.3) is 15.9 Å². The van der Waals surface area contributed by atoms with Crippen molar-refractivity contribution in [2.24, 2.45) is 0 Å². The Morgan fingerprint density at radius 1 is 1.50 bits per heavy atom. The first-order valence-corrected chi connectivity index (χ1v) is 9.49. The Morgan fingerprint density at radius 3 is 3.27 bits per heavy atom. The molecule has 7 nitrogen and oxygen atoms in total. The molecule has 8 heteroatoms. The molecule has 0 unspecified atom stereocenters. The molecule has 1 amide bonds. The minimum atomic E-state index is -0.324. The van der Waals surface area contributed by atoms with Gasteiger partial charge in [-0.05, 0) is 42.9 Å². The minimum Gasteiger partial charge on any atom is -0.467 e. The van der Waals surface area contributed by atoms with Crippen LogP contribution in [0.4, 0.5) is 0 Å². The Labute approximate surface area is 153 Å². The topological polar surface area (TPSA) is 85.3 Å². The number of carbonyl (C=O) groups excluding carboxylic acids is 1. The Hall–Kier alpha value is -2.74. The van der Waals surface area contributed by atoms with Crippen LogP contribution < -0.4 is 5.32 Å². The zero-order valence-corrected chi connectivity index (χ0v) is 15.0. The highest BCUT2D eigenvalue weighted by Gasteiger charge is 2.26. The number of nitrogens with one attached hydrogen (secondary N) is 1. The van der Waals surface area contributed by atoms with Crippen LogP contribution in [0.3, 0.4) is 0 Å². The minimum absolute atomic E-state index is 0.147. The summed E-state index contributed by atoms with van der Waals surface area (Å²) in [4.78, 5) is 23.9. The average Bonchev–Trinajstić information content (AvgIpc) is 3.36. The van der Waals surface area contributed by atoms with Gasteiger partial charge in [0.1, 0.15) is 16.9 Å². The van der Waals surface area contributed by atoms with Gasteiger partial charge in [-0.25, -0.2) is 14.5 Å². The summed E-state index contributed by atoms with van der Waals surface area (Å²) < 4.78 is 6.84. The Bertz CT molecular complexity index is 1110. The second-order valence-electron chi connectivity index (χ2n) is 6.62. The van der Waals surface area contributed by atoms with Crippen LogP contribution in [0.1, 0.15) is 52.5 Å². The van der Waals surface area contributed by atoms with E-state index in [0.717, 1.165) is 16.6 Å². The lowest BCUT2D eigenvalue weighted by atomic mass is 9.87. The van der Waals surface area contributed by atoms with Gasteiger partial charge in [-0.15, -0.1) is 16.4 Å². The third-order valence-corrected chi connectivity index (χ3v) is 6.06. The van der Waals surface area contributed by atoms with E-state index in [4.69, 9.17) is 4.42 Å². The number of nitrogens with zero attached hydrogens (tertiary/aromatic N) is 4. The lowest BCUT2D eigenvalue weighted by molar-refractivity contribution is 0.0938. The first-order chi connectivity index (χ1) is 12.7. The summed E-state index contributed by atoms with van der Waals surface area (Å²) in [5.74, 6) is 0.991. The quantitative estimate of drug-likeness (QED) is 0.600. The Kier molecular flexibility index (Phi) is 3.53.